The minimum absolute atomic E-state index is 0.735. The highest BCUT2D eigenvalue weighted by atomic mass is 16.6. The van der Waals surface area contributed by atoms with Gasteiger partial charge in [-0.2, -0.15) is 0 Å². The first-order valence-electron chi connectivity index (χ1n) is 4.87. The number of ether oxygens (including phenoxy) is 2. The van der Waals surface area contributed by atoms with Crippen LogP contribution >= 0.6 is 0 Å². The summed E-state index contributed by atoms with van der Waals surface area (Å²) in [5, 5.41) is 0. The molecule has 0 aromatic heterocycles. The summed E-state index contributed by atoms with van der Waals surface area (Å²) in [7, 11) is 0. The summed E-state index contributed by atoms with van der Waals surface area (Å²) < 4.78 is 9.02. The molecule has 0 aromatic carbocycles. The van der Waals surface area contributed by atoms with Gasteiger partial charge in [0, 0.05) is 0 Å². The van der Waals surface area contributed by atoms with Gasteiger partial charge in [0.25, 0.3) is 0 Å². The summed E-state index contributed by atoms with van der Waals surface area (Å²) >= 11 is 0. The van der Waals surface area contributed by atoms with Crippen molar-refractivity contribution in [3.63, 3.8) is 0 Å². The van der Waals surface area contributed by atoms with E-state index in [4.69, 9.17) is 0 Å². The molecule has 84 valence electrons. The Kier molecular flexibility index (Phi) is 1.30. The Bertz CT molecular complexity index is 436. The minimum Gasteiger partial charge on any atom is -0.392 e. The summed E-state index contributed by atoms with van der Waals surface area (Å²) in [6.45, 7) is 2.95. The largest absolute Gasteiger partial charge is 0.392 e. The van der Waals surface area contributed by atoms with Crippen LogP contribution in [0.2, 0.25) is 0 Å². The fourth-order valence-corrected chi connectivity index (χ4v) is 3.16. The fourth-order valence-electron chi connectivity index (χ4n) is 3.16. The molecule has 1 saturated carbocycles. The van der Waals surface area contributed by atoms with Gasteiger partial charge in [0.2, 0.25) is 0 Å². The summed E-state index contributed by atoms with van der Waals surface area (Å²) in [5.74, 6) is -4.70. The molecule has 3 rings (SSSR count). The third-order valence-corrected chi connectivity index (χ3v) is 4.40. The van der Waals surface area contributed by atoms with Crippen molar-refractivity contribution in [3.05, 3.63) is 0 Å². The highest BCUT2D eigenvalue weighted by molar-refractivity contribution is 6.14. The fraction of sp³-hybridized carbons (Fsp3) is 0.600. The zero-order valence-corrected chi connectivity index (χ0v) is 8.60. The van der Waals surface area contributed by atoms with Crippen molar-refractivity contribution >= 4 is 23.9 Å². The predicted molar refractivity (Wildman–Crippen MR) is 45.4 cm³/mol. The van der Waals surface area contributed by atoms with Gasteiger partial charge >= 0.3 is 23.9 Å². The number of fused-ring (bicyclic) bond motifs is 4. The van der Waals surface area contributed by atoms with E-state index in [1.54, 1.807) is 0 Å². The molecule has 0 bridgehead atoms. The molecule has 2 aliphatic heterocycles. The Morgan fingerprint density at radius 1 is 0.812 bits per heavy atom. The Hall–Kier alpha value is -1.72. The second-order valence-electron chi connectivity index (χ2n) is 4.78. The molecule has 4 unspecified atom stereocenters. The smallest absolute Gasteiger partial charge is 0.321 e. The van der Waals surface area contributed by atoms with Crippen LogP contribution in [0.15, 0.2) is 0 Å². The Labute approximate surface area is 89.9 Å². The van der Waals surface area contributed by atoms with Gasteiger partial charge in [-0.3, -0.25) is 19.2 Å². The zero-order chi connectivity index (χ0) is 11.9. The average molecular weight is 224 g/mol. The molecular formula is C10H8O6. The van der Waals surface area contributed by atoms with Crippen molar-refractivity contribution in [1.29, 1.82) is 0 Å². The number of hydrogen-bond acceptors (Lipinski definition) is 6. The third kappa shape index (κ3) is 0.594. The van der Waals surface area contributed by atoms with E-state index in [1.165, 1.54) is 13.8 Å². The molecular weight excluding hydrogens is 216 g/mol. The Morgan fingerprint density at radius 2 is 1.12 bits per heavy atom. The molecule has 0 N–H and O–H groups in total. The molecule has 0 spiro atoms. The van der Waals surface area contributed by atoms with E-state index in [0.717, 1.165) is 0 Å². The van der Waals surface area contributed by atoms with Crippen molar-refractivity contribution in [2.75, 3.05) is 0 Å². The van der Waals surface area contributed by atoms with Crippen LogP contribution in [0.4, 0.5) is 0 Å². The van der Waals surface area contributed by atoms with Crippen LogP contribution in [0.3, 0.4) is 0 Å². The average Bonchev–Trinajstić information content (AvgIpc) is 2.49. The van der Waals surface area contributed by atoms with Crippen LogP contribution in [-0.2, 0) is 28.7 Å². The Morgan fingerprint density at radius 3 is 1.44 bits per heavy atom. The van der Waals surface area contributed by atoms with Crippen molar-refractivity contribution in [1.82, 2.24) is 0 Å². The summed E-state index contributed by atoms with van der Waals surface area (Å²) in [6.07, 6.45) is 0. The van der Waals surface area contributed by atoms with Gasteiger partial charge in [-0.25, -0.2) is 0 Å². The van der Waals surface area contributed by atoms with E-state index in [9.17, 15) is 19.2 Å². The molecule has 2 saturated heterocycles. The molecule has 0 aromatic rings. The molecule has 3 fully saturated rings. The van der Waals surface area contributed by atoms with Crippen molar-refractivity contribution in [2.45, 2.75) is 13.8 Å². The standard InChI is InChI=1S/C10H8O6/c1-9-3(5(11)15-7(9)13)4-6(12)16-8(14)10(4,9)2/h3-4H,1-2H3. The van der Waals surface area contributed by atoms with E-state index in [2.05, 4.69) is 9.47 Å². The maximum atomic E-state index is 11.6. The quantitative estimate of drug-likeness (QED) is 0.404. The van der Waals surface area contributed by atoms with Gasteiger partial charge in [0.1, 0.15) is 0 Å². The maximum Gasteiger partial charge on any atom is 0.321 e. The van der Waals surface area contributed by atoms with Gasteiger partial charge in [0.15, 0.2) is 0 Å². The summed E-state index contributed by atoms with van der Waals surface area (Å²) in [4.78, 5) is 46.1. The van der Waals surface area contributed by atoms with Crippen molar-refractivity contribution in [2.24, 2.45) is 22.7 Å². The highest BCUT2D eigenvalue weighted by Crippen LogP contribution is 2.70. The van der Waals surface area contributed by atoms with Crippen LogP contribution in [-0.4, -0.2) is 23.9 Å². The SMILES string of the molecule is CC12C(=O)OC(=O)C1C1C(=O)OC(=O)C12C. The number of cyclic esters (lactones) is 4. The van der Waals surface area contributed by atoms with E-state index >= 15 is 0 Å². The first-order chi connectivity index (χ1) is 7.35. The molecule has 3 aliphatic rings. The Balaban J connectivity index is 2.21. The number of carbonyl (C=O) groups excluding carboxylic acids is 4. The van der Waals surface area contributed by atoms with Crippen LogP contribution in [0.5, 0.6) is 0 Å². The molecule has 6 nitrogen and oxygen atoms in total. The van der Waals surface area contributed by atoms with Gasteiger partial charge in [0.05, 0.1) is 22.7 Å². The second kappa shape index (κ2) is 2.18. The number of hydrogen-bond donors (Lipinski definition) is 0. The lowest BCUT2D eigenvalue weighted by Crippen LogP contribution is -2.65. The molecule has 2 heterocycles. The molecule has 0 amide bonds. The zero-order valence-electron chi connectivity index (χ0n) is 8.60. The lowest BCUT2D eigenvalue weighted by molar-refractivity contribution is -0.184. The van der Waals surface area contributed by atoms with Gasteiger partial charge < -0.3 is 9.47 Å². The van der Waals surface area contributed by atoms with E-state index in [-0.39, 0.29) is 0 Å². The van der Waals surface area contributed by atoms with Gasteiger partial charge in [-0.05, 0) is 13.8 Å². The van der Waals surface area contributed by atoms with Crippen LogP contribution in [0, 0.1) is 22.7 Å². The summed E-state index contributed by atoms with van der Waals surface area (Å²) in [5.41, 5.74) is -2.50. The van der Waals surface area contributed by atoms with E-state index in [1.807, 2.05) is 0 Å². The monoisotopic (exact) mass is 224 g/mol. The lowest BCUT2D eigenvalue weighted by atomic mass is 9.41. The number of esters is 4. The normalized spacial score (nSPS) is 49.4. The maximum absolute atomic E-state index is 11.6. The predicted octanol–water partition coefficient (Wildman–Crippen LogP) is -0.588. The topological polar surface area (TPSA) is 86.7 Å². The summed E-state index contributed by atoms with van der Waals surface area (Å²) in [6, 6.07) is 0. The minimum atomic E-state index is -1.25. The molecule has 4 atom stereocenters. The number of rotatable bonds is 0. The number of carbonyl (C=O) groups is 4. The van der Waals surface area contributed by atoms with Crippen LogP contribution in [0.1, 0.15) is 13.8 Å². The first kappa shape index (κ1) is 9.50. The lowest BCUT2D eigenvalue weighted by Gasteiger charge is -2.51. The van der Waals surface area contributed by atoms with Gasteiger partial charge in [-0.1, -0.05) is 0 Å². The third-order valence-electron chi connectivity index (χ3n) is 4.40. The van der Waals surface area contributed by atoms with Crippen molar-refractivity contribution in [3.8, 4) is 0 Å². The van der Waals surface area contributed by atoms with Crippen LogP contribution in [0.25, 0.3) is 0 Å². The van der Waals surface area contributed by atoms with Crippen molar-refractivity contribution < 1.29 is 28.7 Å². The molecule has 0 radical (unpaired) electrons. The van der Waals surface area contributed by atoms with E-state index < -0.39 is 46.5 Å². The molecule has 6 heteroatoms. The second-order valence-corrected chi connectivity index (χ2v) is 4.78. The first-order valence-corrected chi connectivity index (χ1v) is 4.87. The molecule has 1 aliphatic carbocycles. The van der Waals surface area contributed by atoms with Gasteiger partial charge in [-0.15, -0.1) is 0 Å². The highest BCUT2D eigenvalue weighted by Gasteiger charge is 2.86. The molecule has 16 heavy (non-hydrogen) atoms. The van der Waals surface area contributed by atoms with Crippen LogP contribution < -0.4 is 0 Å². The van der Waals surface area contributed by atoms with E-state index in [0.29, 0.717) is 0 Å².